The molecule has 0 aliphatic rings. The van der Waals surface area contributed by atoms with Crippen molar-refractivity contribution in [1.82, 2.24) is 10.3 Å². The Kier molecular flexibility index (Phi) is 6.79. The van der Waals surface area contributed by atoms with Crippen molar-refractivity contribution in [2.75, 3.05) is 20.3 Å². The number of aromatic nitrogens is 1. The van der Waals surface area contributed by atoms with Crippen LogP contribution in [-0.2, 0) is 16.1 Å². The summed E-state index contributed by atoms with van der Waals surface area (Å²) in [6.07, 6.45) is -2.96. The molecule has 2 aromatic rings. The third-order valence-electron chi connectivity index (χ3n) is 3.05. The van der Waals surface area contributed by atoms with E-state index in [2.05, 4.69) is 15.0 Å². The van der Waals surface area contributed by atoms with Gasteiger partial charge in [-0.3, -0.25) is 4.79 Å². The molecular weight excluding hydrogens is 353 g/mol. The van der Waals surface area contributed by atoms with E-state index >= 15 is 0 Å². The van der Waals surface area contributed by atoms with E-state index in [-0.39, 0.29) is 6.54 Å². The molecule has 1 aromatic carbocycles. The molecule has 0 aliphatic carbocycles. The van der Waals surface area contributed by atoms with E-state index in [0.29, 0.717) is 22.9 Å². The molecule has 2 rings (SSSR count). The molecule has 0 aliphatic heterocycles. The van der Waals surface area contributed by atoms with E-state index in [1.54, 1.807) is 43.5 Å². The fraction of sp³-hybridized carbons (Fsp3) is 0.294. The lowest BCUT2D eigenvalue weighted by Crippen LogP contribution is -2.29. The van der Waals surface area contributed by atoms with Crippen molar-refractivity contribution in [2.45, 2.75) is 12.7 Å². The van der Waals surface area contributed by atoms with Crippen molar-refractivity contribution < 1.29 is 32.2 Å². The van der Waals surface area contributed by atoms with Gasteiger partial charge >= 0.3 is 6.18 Å². The van der Waals surface area contributed by atoms with Crippen LogP contribution in [0.3, 0.4) is 0 Å². The van der Waals surface area contributed by atoms with Gasteiger partial charge in [-0.1, -0.05) is 12.1 Å². The topological polar surface area (TPSA) is 69.7 Å². The van der Waals surface area contributed by atoms with Crippen LogP contribution in [0.15, 0.2) is 42.6 Å². The second-order valence-corrected chi connectivity index (χ2v) is 5.17. The minimum atomic E-state index is -4.46. The van der Waals surface area contributed by atoms with Crippen LogP contribution >= 0.6 is 0 Å². The number of amides is 1. The van der Waals surface area contributed by atoms with Gasteiger partial charge in [0.15, 0.2) is 0 Å². The molecule has 140 valence electrons. The molecule has 1 aromatic heterocycles. The highest BCUT2D eigenvalue weighted by atomic mass is 19.4. The Morgan fingerprint density at radius 1 is 1.19 bits per heavy atom. The maximum atomic E-state index is 11.9. The number of methoxy groups -OCH3 is 1. The van der Waals surface area contributed by atoms with Gasteiger partial charge in [-0.05, 0) is 17.7 Å². The Bertz CT molecular complexity index is 721. The average molecular weight is 370 g/mol. The number of nitrogens with one attached hydrogen (secondary N) is 1. The van der Waals surface area contributed by atoms with Gasteiger partial charge in [0.2, 0.25) is 11.8 Å². The third-order valence-corrected chi connectivity index (χ3v) is 3.05. The molecule has 1 heterocycles. The molecule has 0 saturated heterocycles. The largest absolute Gasteiger partial charge is 0.497 e. The van der Waals surface area contributed by atoms with Crippen molar-refractivity contribution in [1.29, 1.82) is 0 Å². The first kappa shape index (κ1) is 19.5. The van der Waals surface area contributed by atoms with Gasteiger partial charge in [0.25, 0.3) is 0 Å². The van der Waals surface area contributed by atoms with Crippen LogP contribution in [0.1, 0.15) is 5.56 Å². The van der Waals surface area contributed by atoms with Crippen molar-refractivity contribution in [3.63, 3.8) is 0 Å². The Hall–Kier alpha value is -2.81. The first-order chi connectivity index (χ1) is 12.4. The summed E-state index contributed by atoms with van der Waals surface area (Å²) in [5.74, 6) is 0.905. The van der Waals surface area contributed by atoms with Gasteiger partial charge < -0.3 is 19.5 Å². The molecule has 0 spiro atoms. The van der Waals surface area contributed by atoms with E-state index in [1.807, 2.05) is 0 Å². The first-order valence-corrected chi connectivity index (χ1v) is 7.54. The van der Waals surface area contributed by atoms with Crippen molar-refractivity contribution >= 4 is 5.91 Å². The predicted octanol–water partition coefficient (Wildman–Crippen LogP) is 3.08. The fourth-order valence-corrected chi connectivity index (χ4v) is 1.87. The maximum absolute atomic E-state index is 11.9. The van der Waals surface area contributed by atoms with Gasteiger partial charge in [-0.25, -0.2) is 4.98 Å². The van der Waals surface area contributed by atoms with E-state index in [1.165, 1.54) is 6.20 Å². The molecule has 26 heavy (non-hydrogen) atoms. The Balaban J connectivity index is 1.79. The van der Waals surface area contributed by atoms with Crippen LogP contribution in [-0.4, -0.2) is 37.4 Å². The number of pyridine rings is 1. The monoisotopic (exact) mass is 370 g/mol. The standard InChI is InChI=1S/C17H17F3N2O4/c1-24-13-3-2-4-14(7-13)26-16-6-5-12(9-22-16)8-21-15(23)10-25-11-17(18,19)20/h2-7,9H,8,10-11H2,1H3,(H,21,23). The highest BCUT2D eigenvalue weighted by Crippen LogP contribution is 2.23. The minimum Gasteiger partial charge on any atom is -0.497 e. The summed E-state index contributed by atoms with van der Waals surface area (Å²) in [6.45, 7) is -2.01. The van der Waals surface area contributed by atoms with E-state index in [0.717, 1.165) is 0 Å². The van der Waals surface area contributed by atoms with Gasteiger partial charge in [0.1, 0.15) is 24.7 Å². The number of carbonyl (C=O) groups excluding carboxylic acids is 1. The molecule has 0 fully saturated rings. The number of hydrogen-bond acceptors (Lipinski definition) is 5. The van der Waals surface area contributed by atoms with Crippen molar-refractivity contribution in [2.24, 2.45) is 0 Å². The maximum Gasteiger partial charge on any atom is 0.411 e. The zero-order valence-electron chi connectivity index (χ0n) is 13.9. The SMILES string of the molecule is COc1cccc(Oc2ccc(CNC(=O)COCC(F)(F)F)cn2)c1. The van der Waals surface area contributed by atoms with Crippen LogP contribution in [0.25, 0.3) is 0 Å². The molecule has 0 radical (unpaired) electrons. The summed E-state index contributed by atoms with van der Waals surface area (Å²) in [6, 6.07) is 10.3. The van der Waals surface area contributed by atoms with E-state index in [9.17, 15) is 18.0 Å². The predicted molar refractivity (Wildman–Crippen MR) is 86.0 cm³/mol. The molecule has 0 saturated carbocycles. The lowest BCUT2D eigenvalue weighted by Gasteiger charge is -2.09. The molecule has 0 bridgehead atoms. The lowest BCUT2D eigenvalue weighted by atomic mass is 10.3. The second-order valence-electron chi connectivity index (χ2n) is 5.17. The highest BCUT2D eigenvalue weighted by Gasteiger charge is 2.27. The third kappa shape index (κ3) is 6.98. The van der Waals surface area contributed by atoms with Crippen molar-refractivity contribution in [3.05, 3.63) is 48.2 Å². The summed E-state index contributed by atoms with van der Waals surface area (Å²) in [5, 5.41) is 2.44. The summed E-state index contributed by atoms with van der Waals surface area (Å²) >= 11 is 0. The fourth-order valence-electron chi connectivity index (χ4n) is 1.87. The second kappa shape index (κ2) is 9.04. The van der Waals surface area contributed by atoms with Crippen LogP contribution in [0.2, 0.25) is 0 Å². The van der Waals surface area contributed by atoms with Crippen LogP contribution in [0, 0.1) is 0 Å². The molecule has 0 unspecified atom stereocenters. The van der Waals surface area contributed by atoms with Gasteiger partial charge in [0.05, 0.1) is 7.11 Å². The summed E-state index contributed by atoms with van der Waals surface area (Å²) in [4.78, 5) is 15.5. The van der Waals surface area contributed by atoms with E-state index < -0.39 is 25.3 Å². The summed E-state index contributed by atoms with van der Waals surface area (Å²) in [7, 11) is 1.55. The van der Waals surface area contributed by atoms with E-state index in [4.69, 9.17) is 9.47 Å². The van der Waals surface area contributed by atoms with Crippen molar-refractivity contribution in [3.8, 4) is 17.4 Å². The summed E-state index contributed by atoms with van der Waals surface area (Å²) in [5.41, 5.74) is 0.659. The number of rotatable bonds is 8. The molecule has 0 atom stereocenters. The number of benzene rings is 1. The number of alkyl halides is 3. The smallest absolute Gasteiger partial charge is 0.411 e. The Morgan fingerprint density at radius 3 is 2.62 bits per heavy atom. The van der Waals surface area contributed by atoms with Crippen LogP contribution in [0.4, 0.5) is 13.2 Å². The Labute approximate surface area is 147 Å². The highest BCUT2D eigenvalue weighted by molar-refractivity contribution is 5.77. The lowest BCUT2D eigenvalue weighted by molar-refractivity contribution is -0.175. The Morgan fingerprint density at radius 2 is 1.96 bits per heavy atom. The first-order valence-electron chi connectivity index (χ1n) is 7.54. The summed E-state index contributed by atoms with van der Waals surface area (Å²) < 4.78 is 50.7. The minimum absolute atomic E-state index is 0.112. The molecular formula is C17H17F3N2O4. The number of ether oxygens (including phenoxy) is 3. The van der Waals surface area contributed by atoms with Crippen LogP contribution < -0.4 is 14.8 Å². The average Bonchev–Trinajstić information content (AvgIpc) is 2.60. The number of halogens is 3. The molecule has 9 heteroatoms. The zero-order valence-corrected chi connectivity index (χ0v) is 13.9. The zero-order chi connectivity index (χ0) is 19.0. The molecule has 1 N–H and O–H groups in total. The number of nitrogens with zero attached hydrogens (tertiary/aromatic N) is 1. The quantitative estimate of drug-likeness (QED) is 0.773. The molecule has 6 nitrogen and oxygen atoms in total. The normalized spacial score (nSPS) is 11.1. The van der Waals surface area contributed by atoms with Gasteiger partial charge in [0, 0.05) is 24.9 Å². The van der Waals surface area contributed by atoms with Gasteiger partial charge in [-0.2, -0.15) is 13.2 Å². The number of carbonyl (C=O) groups is 1. The van der Waals surface area contributed by atoms with Crippen LogP contribution in [0.5, 0.6) is 17.4 Å². The van der Waals surface area contributed by atoms with Gasteiger partial charge in [-0.15, -0.1) is 0 Å². The number of hydrogen-bond donors (Lipinski definition) is 1. The molecule has 1 amide bonds.